The predicted octanol–water partition coefficient (Wildman–Crippen LogP) is 0.813. The predicted molar refractivity (Wildman–Crippen MR) is 95.6 cm³/mol. The Morgan fingerprint density at radius 2 is 1.96 bits per heavy atom. The van der Waals surface area contributed by atoms with Crippen molar-refractivity contribution in [3.63, 3.8) is 0 Å². The first-order chi connectivity index (χ1) is 12.2. The molecule has 2 saturated heterocycles. The lowest BCUT2D eigenvalue weighted by molar-refractivity contribution is -0.117. The first-order valence-electron chi connectivity index (χ1n) is 8.92. The van der Waals surface area contributed by atoms with Crippen molar-refractivity contribution in [2.45, 2.75) is 18.9 Å². The summed E-state index contributed by atoms with van der Waals surface area (Å²) in [6.45, 7) is 5.63. The molecule has 0 unspecified atom stereocenters. The van der Waals surface area contributed by atoms with Gasteiger partial charge < -0.3 is 20.3 Å². The zero-order chi connectivity index (χ0) is 17.5. The Morgan fingerprint density at radius 3 is 2.72 bits per heavy atom. The topological polar surface area (TPSA) is 73.9 Å². The molecule has 0 bridgehead atoms. The van der Waals surface area contributed by atoms with E-state index in [2.05, 4.69) is 15.5 Å². The van der Waals surface area contributed by atoms with Crippen LogP contribution in [0.15, 0.2) is 30.3 Å². The van der Waals surface area contributed by atoms with Gasteiger partial charge in [-0.2, -0.15) is 0 Å². The Labute approximate surface area is 148 Å². The number of carbonyl (C=O) groups excluding carboxylic acids is 2. The van der Waals surface area contributed by atoms with Crippen LogP contribution in [0.5, 0.6) is 0 Å². The number of anilines is 1. The maximum atomic E-state index is 12.1. The number of amides is 3. The number of hydrogen-bond donors (Lipinski definition) is 2. The molecule has 7 heteroatoms. The Balaban J connectivity index is 1.35. The van der Waals surface area contributed by atoms with E-state index in [0.717, 1.165) is 45.0 Å². The quantitative estimate of drug-likeness (QED) is 0.748. The standard InChI is InChI=1S/C18H26N4O3/c23-17-13-15(14-22(17)16-5-2-1-3-6-16)20-18(24)19-7-4-8-21-9-11-25-12-10-21/h1-3,5-6,15H,4,7-14H2,(H2,19,20,24)/t15-/m1/s1. The van der Waals surface area contributed by atoms with E-state index in [4.69, 9.17) is 4.74 Å². The lowest BCUT2D eigenvalue weighted by Crippen LogP contribution is -2.44. The average molecular weight is 346 g/mol. The summed E-state index contributed by atoms with van der Waals surface area (Å²) in [7, 11) is 0. The summed E-state index contributed by atoms with van der Waals surface area (Å²) >= 11 is 0. The molecule has 25 heavy (non-hydrogen) atoms. The lowest BCUT2D eigenvalue weighted by atomic mass is 10.2. The van der Waals surface area contributed by atoms with Crippen molar-refractivity contribution in [2.24, 2.45) is 0 Å². The van der Waals surface area contributed by atoms with Crippen LogP contribution in [0.25, 0.3) is 0 Å². The van der Waals surface area contributed by atoms with Crippen LogP contribution in [0.3, 0.4) is 0 Å². The zero-order valence-electron chi connectivity index (χ0n) is 14.4. The van der Waals surface area contributed by atoms with Crippen molar-refractivity contribution in [2.75, 3.05) is 50.8 Å². The summed E-state index contributed by atoms with van der Waals surface area (Å²) in [4.78, 5) is 28.2. The molecule has 0 saturated carbocycles. The summed E-state index contributed by atoms with van der Waals surface area (Å²) in [5, 5.41) is 5.78. The third-order valence-corrected chi connectivity index (χ3v) is 4.57. The minimum absolute atomic E-state index is 0.0452. The van der Waals surface area contributed by atoms with Crippen LogP contribution in [-0.4, -0.2) is 68.8 Å². The smallest absolute Gasteiger partial charge is 0.315 e. The van der Waals surface area contributed by atoms with Gasteiger partial charge in [-0.05, 0) is 25.1 Å². The molecule has 2 aliphatic heterocycles. The maximum absolute atomic E-state index is 12.1. The van der Waals surface area contributed by atoms with Crippen molar-refractivity contribution < 1.29 is 14.3 Å². The van der Waals surface area contributed by atoms with Gasteiger partial charge in [0, 0.05) is 38.3 Å². The number of ether oxygens (including phenoxy) is 1. The normalized spacial score (nSPS) is 21.4. The molecule has 136 valence electrons. The van der Waals surface area contributed by atoms with Gasteiger partial charge in [0.1, 0.15) is 0 Å². The number of para-hydroxylation sites is 1. The fourth-order valence-corrected chi connectivity index (χ4v) is 3.23. The van der Waals surface area contributed by atoms with Gasteiger partial charge in [0.2, 0.25) is 5.91 Å². The fraction of sp³-hybridized carbons (Fsp3) is 0.556. The lowest BCUT2D eigenvalue weighted by Gasteiger charge is -2.26. The molecule has 0 spiro atoms. The molecule has 1 aromatic carbocycles. The highest BCUT2D eigenvalue weighted by molar-refractivity contribution is 5.96. The molecule has 2 heterocycles. The molecule has 2 fully saturated rings. The summed E-state index contributed by atoms with van der Waals surface area (Å²) in [5.41, 5.74) is 0.878. The van der Waals surface area contributed by atoms with Gasteiger partial charge >= 0.3 is 6.03 Å². The summed E-state index contributed by atoms with van der Waals surface area (Å²) in [6, 6.07) is 9.21. The number of nitrogens with zero attached hydrogens (tertiary/aromatic N) is 2. The van der Waals surface area contributed by atoms with E-state index in [1.165, 1.54) is 0 Å². The van der Waals surface area contributed by atoms with Gasteiger partial charge in [-0.3, -0.25) is 9.69 Å². The molecule has 2 aliphatic rings. The van der Waals surface area contributed by atoms with Gasteiger partial charge in [0.25, 0.3) is 0 Å². The second kappa shape index (κ2) is 8.82. The number of morpholine rings is 1. The molecular formula is C18H26N4O3. The Morgan fingerprint density at radius 1 is 1.20 bits per heavy atom. The number of urea groups is 1. The van der Waals surface area contributed by atoms with E-state index in [-0.39, 0.29) is 18.0 Å². The van der Waals surface area contributed by atoms with Crippen molar-refractivity contribution >= 4 is 17.6 Å². The monoisotopic (exact) mass is 346 g/mol. The third-order valence-electron chi connectivity index (χ3n) is 4.57. The van der Waals surface area contributed by atoms with E-state index in [1.54, 1.807) is 4.90 Å². The Kier molecular flexibility index (Phi) is 6.25. The summed E-state index contributed by atoms with van der Waals surface area (Å²) < 4.78 is 5.31. The molecule has 1 atom stereocenters. The molecule has 3 amide bonds. The second-order valence-electron chi connectivity index (χ2n) is 6.45. The number of nitrogens with one attached hydrogen (secondary N) is 2. The fourth-order valence-electron chi connectivity index (χ4n) is 3.23. The summed E-state index contributed by atoms with van der Waals surface area (Å²) in [5.74, 6) is 0.0452. The zero-order valence-corrected chi connectivity index (χ0v) is 14.4. The Hall–Kier alpha value is -2.12. The highest BCUT2D eigenvalue weighted by atomic mass is 16.5. The average Bonchev–Trinajstić information content (AvgIpc) is 3.00. The number of benzene rings is 1. The van der Waals surface area contributed by atoms with E-state index in [9.17, 15) is 9.59 Å². The van der Waals surface area contributed by atoms with Crippen LogP contribution in [-0.2, 0) is 9.53 Å². The molecule has 3 rings (SSSR count). The van der Waals surface area contributed by atoms with E-state index in [0.29, 0.717) is 19.5 Å². The largest absolute Gasteiger partial charge is 0.379 e. The summed E-state index contributed by atoms with van der Waals surface area (Å²) in [6.07, 6.45) is 1.25. The first-order valence-corrected chi connectivity index (χ1v) is 8.92. The molecule has 0 aromatic heterocycles. The molecule has 2 N–H and O–H groups in total. The molecule has 0 aliphatic carbocycles. The van der Waals surface area contributed by atoms with E-state index < -0.39 is 0 Å². The van der Waals surface area contributed by atoms with Crippen LogP contribution >= 0.6 is 0 Å². The molecule has 0 radical (unpaired) electrons. The minimum Gasteiger partial charge on any atom is -0.379 e. The highest BCUT2D eigenvalue weighted by Crippen LogP contribution is 2.20. The maximum Gasteiger partial charge on any atom is 0.315 e. The van der Waals surface area contributed by atoms with Crippen LogP contribution in [0.1, 0.15) is 12.8 Å². The molecule has 1 aromatic rings. The number of hydrogen-bond acceptors (Lipinski definition) is 4. The minimum atomic E-state index is -0.199. The van der Waals surface area contributed by atoms with Gasteiger partial charge in [0.15, 0.2) is 0 Å². The van der Waals surface area contributed by atoms with Crippen LogP contribution in [0.2, 0.25) is 0 Å². The third kappa shape index (κ3) is 5.17. The van der Waals surface area contributed by atoms with Crippen molar-refractivity contribution in [1.29, 1.82) is 0 Å². The molecule has 7 nitrogen and oxygen atoms in total. The highest BCUT2D eigenvalue weighted by Gasteiger charge is 2.31. The van der Waals surface area contributed by atoms with Crippen molar-refractivity contribution in [3.05, 3.63) is 30.3 Å². The van der Waals surface area contributed by atoms with Gasteiger partial charge in [0.05, 0.1) is 19.3 Å². The number of carbonyl (C=O) groups is 2. The first kappa shape index (κ1) is 17.7. The van der Waals surface area contributed by atoms with Crippen LogP contribution in [0.4, 0.5) is 10.5 Å². The van der Waals surface area contributed by atoms with Gasteiger partial charge in [-0.1, -0.05) is 18.2 Å². The van der Waals surface area contributed by atoms with Crippen LogP contribution in [0, 0.1) is 0 Å². The van der Waals surface area contributed by atoms with Gasteiger partial charge in [-0.25, -0.2) is 4.79 Å². The van der Waals surface area contributed by atoms with Crippen molar-refractivity contribution in [1.82, 2.24) is 15.5 Å². The second-order valence-corrected chi connectivity index (χ2v) is 6.45. The Bertz CT molecular complexity index is 575. The van der Waals surface area contributed by atoms with Crippen LogP contribution < -0.4 is 15.5 Å². The van der Waals surface area contributed by atoms with Gasteiger partial charge in [-0.15, -0.1) is 0 Å². The number of rotatable bonds is 6. The van der Waals surface area contributed by atoms with E-state index in [1.807, 2.05) is 30.3 Å². The van der Waals surface area contributed by atoms with E-state index >= 15 is 0 Å². The van der Waals surface area contributed by atoms with Crippen molar-refractivity contribution in [3.8, 4) is 0 Å². The molecular weight excluding hydrogens is 320 g/mol. The SMILES string of the molecule is O=C(NCCCN1CCOCC1)N[C@@H]1CC(=O)N(c2ccccc2)C1.